The van der Waals surface area contributed by atoms with Crippen LogP contribution in [0.4, 0.5) is 0 Å². The average molecular weight is 271 g/mol. The normalized spacial score (nSPS) is 12.1. The predicted molar refractivity (Wildman–Crippen MR) is 81.2 cm³/mol. The van der Waals surface area contributed by atoms with Gasteiger partial charge in [-0.3, -0.25) is 0 Å². The third-order valence-electron chi connectivity index (χ3n) is 3.18. The number of aryl methyl sites for hydroxylation is 1. The fourth-order valence-electron chi connectivity index (χ4n) is 2.06. The van der Waals surface area contributed by atoms with E-state index in [0.29, 0.717) is 12.4 Å². The summed E-state index contributed by atoms with van der Waals surface area (Å²) in [5.41, 5.74) is 2.27. The van der Waals surface area contributed by atoms with Crippen LogP contribution in [-0.4, -0.2) is 18.3 Å². The molecule has 0 aliphatic carbocycles. The Morgan fingerprint density at radius 1 is 1.15 bits per heavy atom. The molecule has 0 saturated heterocycles. The van der Waals surface area contributed by atoms with Gasteiger partial charge in [0, 0.05) is 12.6 Å². The van der Waals surface area contributed by atoms with Gasteiger partial charge in [-0.2, -0.15) is 0 Å². The molecule has 2 aromatic rings. The summed E-state index contributed by atoms with van der Waals surface area (Å²) < 4.78 is 5.68. The Hall–Kier alpha value is -2.00. The third-order valence-corrected chi connectivity index (χ3v) is 3.18. The molecule has 2 rings (SSSR count). The zero-order chi connectivity index (χ0) is 14.4. The van der Waals surface area contributed by atoms with E-state index in [9.17, 15) is 5.11 Å². The first-order chi connectivity index (χ1) is 9.65. The van der Waals surface area contributed by atoms with Crippen LogP contribution in [0.1, 0.15) is 24.1 Å². The van der Waals surface area contributed by atoms with Gasteiger partial charge in [0.1, 0.15) is 18.1 Å². The predicted octanol–water partition coefficient (Wildman–Crippen LogP) is 3.43. The lowest BCUT2D eigenvalue weighted by Gasteiger charge is -2.15. The fraction of sp³-hybridized carbons (Fsp3) is 0.294. The minimum Gasteiger partial charge on any atom is -0.508 e. The maximum atomic E-state index is 9.46. The van der Waals surface area contributed by atoms with E-state index in [1.165, 1.54) is 5.56 Å². The van der Waals surface area contributed by atoms with Gasteiger partial charge in [0.05, 0.1) is 0 Å². The van der Waals surface area contributed by atoms with Crippen LogP contribution in [0.3, 0.4) is 0 Å². The molecule has 106 valence electrons. The highest BCUT2D eigenvalue weighted by molar-refractivity contribution is 5.29. The second-order valence-electron chi connectivity index (χ2n) is 4.94. The second kappa shape index (κ2) is 6.96. The zero-order valence-corrected chi connectivity index (χ0v) is 12.0. The van der Waals surface area contributed by atoms with E-state index in [-0.39, 0.29) is 6.04 Å². The van der Waals surface area contributed by atoms with Crippen LogP contribution in [0.25, 0.3) is 0 Å². The summed E-state index contributed by atoms with van der Waals surface area (Å²) in [4.78, 5) is 0. The largest absolute Gasteiger partial charge is 0.508 e. The summed E-state index contributed by atoms with van der Waals surface area (Å²) in [5, 5.41) is 12.8. The number of phenolic OH excluding ortho intramolecular Hbond substituents is 1. The fourth-order valence-corrected chi connectivity index (χ4v) is 2.06. The van der Waals surface area contributed by atoms with Gasteiger partial charge in [0.15, 0.2) is 0 Å². The molecule has 20 heavy (non-hydrogen) atoms. The first-order valence-corrected chi connectivity index (χ1v) is 6.87. The van der Waals surface area contributed by atoms with E-state index >= 15 is 0 Å². The summed E-state index contributed by atoms with van der Waals surface area (Å²) in [6.07, 6.45) is 0. The van der Waals surface area contributed by atoms with Crippen molar-refractivity contribution >= 4 is 0 Å². The molecule has 0 heterocycles. The number of phenols is 1. The van der Waals surface area contributed by atoms with Crippen LogP contribution in [0.15, 0.2) is 48.5 Å². The van der Waals surface area contributed by atoms with Crippen LogP contribution < -0.4 is 10.1 Å². The summed E-state index contributed by atoms with van der Waals surface area (Å²) in [5.74, 6) is 1.20. The van der Waals surface area contributed by atoms with Gasteiger partial charge in [-0.1, -0.05) is 24.3 Å². The summed E-state index contributed by atoms with van der Waals surface area (Å²) >= 11 is 0. The van der Waals surface area contributed by atoms with Gasteiger partial charge in [0.2, 0.25) is 0 Å². The number of rotatable bonds is 6. The van der Waals surface area contributed by atoms with Crippen molar-refractivity contribution in [3.63, 3.8) is 0 Å². The molecule has 0 radical (unpaired) electrons. The van der Waals surface area contributed by atoms with E-state index in [0.717, 1.165) is 17.9 Å². The first-order valence-electron chi connectivity index (χ1n) is 6.87. The highest BCUT2D eigenvalue weighted by atomic mass is 16.5. The molecule has 0 saturated carbocycles. The van der Waals surface area contributed by atoms with Crippen molar-refractivity contribution in [1.82, 2.24) is 5.32 Å². The number of hydrogen-bond acceptors (Lipinski definition) is 3. The van der Waals surface area contributed by atoms with Crippen LogP contribution in [0, 0.1) is 6.92 Å². The number of nitrogens with one attached hydrogen (secondary N) is 1. The van der Waals surface area contributed by atoms with E-state index in [4.69, 9.17) is 4.74 Å². The molecule has 1 atom stereocenters. The van der Waals surface area contributed by atoms with Crippen molar-refractivity contribution in [2.24, 2.45) is 0 Å². The molecular formula is C17H21NO2. The molecule has 0 bridgehead atoms. The standard InChI is InChI=1S/C17H21NO2/c1-13-5-3-8-17(11-13)20-10-9-18-14(2)15-6-4-7-16(19)12-15/h3-8,11-12,14,18-19H,9-10H2,1-2H3. The summed E-state index contributed by atoms with van der Waals surface area (Å²) in [6, 6.07) is 15.5. The monoisotopic (exact) mass is 271 g/mol. The van der Waals surface area contributed by atoms with E-state index in [2.05, 4.69) is 25.2 Å². The Bertz CT molecular complexity index is 554. The second-order valence-corrected chi connectivity index (χ2v) is 4.94. The van der Waals surface area contributed by atoms with Crippen LogP contribution in [0.5, 0.6) is 11.5 Å². The number of hydrogen-bond donors (Lipinski definition) is 2. The molecule has 0 fully saturated rings. The molecule has 0 amide bonds. The number of aromatic hydroxyl groups is 1. The van der Waals surface area contributed by atoms with Crippen molar-refractivity contribution in [2.75, 3.05) is 13.2 Å². The SMILES string of the molecule is Cc1cccc(OCCNC(C)c2cccc(O)c2)c1. The smallest absolute Gasteiger partial charge is 0.119 e. The average Bonchev–Trinajstić information content (AvgIpc) is 2.43. The Morgan fingerprint density at radius 2 is 1.95 bits per heavy atom. The lowest BCUT2D eigenvalue weighted by Crippen LogP contribution is -2.24. The van der Waals surface area contributed by atoms with E-state index in [1.54, 1.807) is 12.1 Å². The van der Waals surface area contributed by atoms with Crippen molar-refractivity contribution in [2.45, 2.75) is 19.9 Å². The van der Waals surface area contributed by atoms with Crippen molar-refractivity contribution in [1.29, 1.82) is 0 Å². The van der Waals surface area contributed by atoms with Crippen molar-refractivity contribution in [3.8, 4) is 11.5 Å². The van der Waals surface area contributed by atoms with Gasteiger partial charge in [-0.05, 0) is 49.2 Å². The minimum atomic E-state index is 0.184. The molecule has 0 spiro atoms. The van der Waals surface area contributed by atoms with Crippen LogP contribution in [-0.2, 0) is 0 Å². The molecule has 0 aliphatic rings. The van der Waals surface area contributed by atoms with Crippen LogP contribution >= 0.6 is 0 Å². The summed E-state index contributed by atoms with van der Waals surface area (Å²) in [7, 11) is 0. The molecular weight excluding hydrogens is 250 g/mol. The Balaban J connectivity index is 1.76. The molecule has 1 unspecified atom stereocenters. The molecule has 0 aromatic heterocycles. The van der Waals surface area contributed by atoms with E-state index < -0.39 is 0 Å². The lowest BCUT2D eigenvalue weighted by atomic mass is 10.1. The van der Waals surface area contributed by atoms with Gasteiger partial charge >= 0.3 is 0 Å². The number of ether oxygens (including phenoxy) is 1. The van der Waals surface area contributed by atoms with Crippen LogP contribution in [0.2, 0.25) is 0 Å². The maximum absolute atomic E-state index is 9.46. The van der Waals surface area contributed by atoms with Crippen molar-refractivity contribution in [3.05, 3.63) is 59.7 Å². The Morgan fingerprint density at radius 3 is 2.70 bits per heavy atom. The quantitative estimate of drug-likeness (QED) is 0.791. The van der Waals surface area contributed by atoms with Gasteiger partial charge in [-0.15, -0.1) is 0 Å². The lowest BCUT2D eigenvalue weighted by molar-refractivity contribution is 0.307. The molecule has 2 aromatic carbocycles. The molecule has 0 aliphatic heterocycles. The zero-order valence-electron chi connectivity index (χ0n) is 12.0. The molecule has 2 N–H and O–H groups in total. The van der Waals surface area contributed by atoms with Crippen molar-refractivity contribution < 1.29 is 9.84 Å². The Labute approximate surface area is 120 Å². The summed E-state index contributed by atoms with van der Waals surface area (Å²) in [6.45, 7) is 5.49. The Kier molecular flexibility index (Phi) is 5.02. The molecule has 3 nitrogen and oxygen atoms in total. The van der Waals surface area contributed by atoms with Gasteiger partial charge in [0.25, 0.3) is 0 Å². The van der Waals surface area contributed by atoms with Gasteiger partial charge in [-0.25, -0.2) is 0 Å². The minimum absolute atomic E-state index is 0.184. The van der Waals surface area contributed by atoms with Gasteiger partial charge < -0.3 is 15.2 Å². The number of benzene rings is 2. The third kappa shape index (κ3) is 4.28. The maximum Gasteiger partial charge on any atom is 0.119 e. The first kappa shape index (κ1) is 14.4. The van der Waals surface area contributed by atoms with E-state index in [1.807, 2.05) is 30.3 Å². The highest BCUT2D eigenvalue weighted by Gasteiger charge is 2.04. The highest BCUT2D eigenvalue weighted by Crippen LogP contribution is 2.17. The molecule has 3 heteroatoms. The topological polar surface area (TPSA) is 41.5 Å².